The lowest BCUT2D eigenvalue weighted by Gasteiger charge is -2.10. The van der Waals surface area contributed by atoms with E-state index in [-0.39, 0.29) is 5.91 Å². The zero-order valence-electron chi connectivity index (χ0n) is 8.57. The molecule has 1 aliphatic heterocycles. The minimum atomic E-state index is -0.125. The number of rotatable bonds is 3. The molecule has 0 unspecified atom stereocenters. The number of hydrogen-bond acceptors (Lipinski definition) is 4. The Balaban J connectivity index is 1.87. The van der Waals surface area contributed by atoms with Crippen molar-refractivity contribution in [2.45, 2.75) is 6.04 Å². The summed E-state index contributed by atoms with van der Waals surface area (Å²) in [5, 5.41) is 6.16. The quantitative estimate of drug-likeness (QED) is 0.825. The molecule has 1 fully saturated rings. The maximum Gasteiger partial charge on any atom is 0.269 e. The van der Waals surface area contributed by atoms with Crippen LogP contribution in [0.2, 0.25) is 0 Å². The number of carbonyl (C=O) groups is 1. The van der Waals surface area contributed by atoms with Crippen LogP contribution in [0.1, 0.15) is 10.5 Å². The molecule has 2 N–H and O–H groups in total. The average Bonchev–Trinajstić information content (AvgIpc) is 2.78. The van der Waals surface area contributed by atoms with Gasteiger partial charge in [-0.25, -0.2) is 4.98 Å². The lowest BCUT2D eigenvalue weighted by Crippen LogP contribution is -2.38. The van der Waals surface area contributed by atoms with Crippen molar-refractivity contribution >= 4 is 33.6 Å². The predicted molar refractivity (Wildman–Crippen MR) is 68.5 cm³/mol. The zero-order valence-corrected chi connectivity index (χ0v) is 11.0. The number of thioether (sulfide) groups is 1. The molecule has 1 aromatic heterocycles. The molecule has 0 saturated carbocycles. The Bertz CT molecular complexity index is 382. The molecule has 0 aromatic carbocycles. The third-order valence-electron chi connectivity index (χ3n) is 2.25. The molecule has 1 amide bonds. The molecule has 86 valence electrons. The first-order valence-corrected chi connectivity index (χ1v) is 6.92. The smallest absolute Gasteiger partial charge is 0.269 e. The number of hydrogen-bond donors (Lipinski definition) is 2. The van der Waals surface area contributed by atoms with Crippen LogP contribution in [0.4, 0.5) is 0 Å². The number of pyridine rings is 1. The van der Waals surface area contributed by atoms with Gasteiger partial charge in [-0.05, 0) is 28.1 Å². The van der Waals surface area contributed by atoms with Crippen LogP contribution in [0.25, 0.3) is 0 Å². The Morgan fingerprint density at radius 3 is 3.25 bits per heavy atom. The summed E-state index contributed by atoms with van der Waals surface area (Å²) in [6.45, 7) is 0.653. The SMILES string of the molecule is O=C(NC[C@@H]1CSCN1)c1cccc(Br)n1. The lowest BCUT2D eigenvalue weighted by atomic mass is 10.3. The van der Waals surface area contributed by atoms with E-state index in [0.29, 0.717) is 22.9 Å². The Hall–Kier alpha value is -0.590. The summed E-state index contributed by atoms with van der Waals surface area (Å²) >= 11 is 5.09. The van der Waals surface area contributed by atoms with Crippen LogP contribution in [0.3, 0.4) is 0 Å². The first-order valence-electron chi connectivity index (χ1n) is 4.97. The normalized spacial score (nSPS) is 19.7. The highest BCUT2D eigenvalue weighted by atomic mass is 79.9. The summed E-state index contributed by atoms with van der Waals surface area (Å²) < 4.78 is 0.676. The minimum Gasteiger partial charge on any atom is -0.349 e. The van der Waals surface area contributed by atoms with E-state index < -0.39 is 0 Å². The van der Waals surface area contributed by atoms with Crippen molar-refractivity contribution < 1.29 is 4.79 Å². The average molecular weight is 302 g/mol. The van der Waals surface area contributed by atoms with Crippen molar-refractivity contribution in [2.75, 3.05) is 18.2 Å². The zero-order chi connectivity index (χ0) is 11.4. The molecule has 16 heavy (non-hydrogen) atoms. The van der Waals surface area contributed by atoms with Gasteiger partial charge in [-0.2, -0.15) is 0 Å². The minimum absolute atomic E-state index is 0.125. The van der Waals surface area contributed by atoms with E-state index in [0.717, 1.165) is 11.6 Å². The number of nitrogens with zero attached hydrogens (tertiary/aromatic N) is 1. The van der Waals surface area contributed by atoms with Crippen LogP contribution in [0, 0.1) is 0 Å². The monoisotopic (exact) mass is 301 g/mol. The van der Waals surface area contributed by atoms with Crippen LogP contribution in [0.5, 0.6) is 0 Å². The standard InChI is InChI=1S/C10H12BrN3OS/c11-9-3-1-2-8(14-9)10(15)12-4-7-5-16-6-13-7/h1-3,7,13H,4-6H2,(H,12,15)/t7-/m1/s1. The van der Waals surface area contributed by atoms with Gasteiger partial charge in [-0.15, -0.1) is 11.8 Å². The van der Waals surface area contributed by atoms with Gasteiger partial charge in [0.05, 0.1) is 0 Å². The summed E-state index contributed by atoms with van der Waals surface area (Å²) in [5.41, 5.74) is 0.444. The fourth-order valence-corrected chi connectivity index (χ4v) is 2.74. The molecule has 2 heterocycles. The van der Waals surface area contributed by atoms with Crippen LogP contribution in [-0.4, -0.2) is 35.1 Å². The summed E-state index contributed by atoms with van der Waals surface area (Å²) in [6.07, 6.45) is 0. The van der Waals surface area contributed by atoms with Gasteiger partial charge >= 0.3 is 0 Å². The number of amides is 1. The van der Waals surface area contributed by atoms with E-state index in [4.69, 9.17) is 0 Å². The van der Waals surface area contributed by atoms with Crippen LogP contribution >= 0.6 is 27.7 Å². The first-order chi connectivity index (χ1) is 7.75. The predicted octanol–water partition coefficient (Wildman–Crippen LogP) is 1.24. The molecule has 1 saturated heterocycles. The molecule has 6 heteroatoms. The first kappa shape index (κ1) is 11.9. The Morgan fingerprint density at radius 1 is 1.69 bits per heavy atom. The Morgan fingerprint density at radius 2 is 2.56 bits per heavy atom. The summed E-state index contributed by atoms with van der Waals surface area (Å²) in [4.78, 5) is 15.8. The highest BCUT2D eigenvalue weighted by molar-refractivity contribution is 9.10. The fraction of sp³-hybridized carbons (Fsp3) is 0.400. The molecular formula is C10H12BrN3OS. The highest BCUT2D eigenvalue weighted by Crippen LogP contribution is 2.09. The number of carbonyl (C=O) groups excluding carboxylic acids is 1. The molecule has 4 nitrogen and oxygen atoms in total. The van der Waals surface area contributed by atoms with Gasteiger partial charge in [0.2, 0.25) is 0 Å². The largest absolute Gasteiger partial charge is 0.349 e. The van der Waals surface area contributed by atoms with Crippen molar-refractivity contribution in [3.8, 4) is 0 Å². The molecule has 1 aromatic rings. The van der Waals surface area contributed by atoms with Gasteiger partial charge in [-0.1, -0.05) is 6.07 Å². The molecule has 1 atom stereocenters. The molecule has 0 spiro atoms. The van der Waals surface area contributed by atoms with Gasteiger partial charge in [-0.3, -0.25) is 4.79 Å². The van der Waals surface area contributed by atoms with E-state index in [1.54, 1.807) is 18.2 Å². The van der Waals surface area contributed by atoms with E-state index in [1.807, 2.05) is 11.8 Å². The lowest BCUT2D eigenvalue weighted by molar-refractivity contribution is 0.0946. The third-order valence-corrected chi connectivity index (χ3v) is 3.70. The maximum atomic E-state index is 11.7. The number of halogens is 1. The van der Waals surface area contributed by atoms with Crippen molar-refractivity contribution in [3.05, 3.63) is 28.5 Å². The third kappa shape index (κ3) is 3.20. The second kappa shape index (κ2) is 5.65. The van der Waals surface area contributed by atoms with Crippen LogP contribution in [0.15, 0.2) is 22.8 Å². The second-order valence-electron chi connectivity index (χ2n) is 3.47. The maximum absolute atomic E-state index is 11.7. The molecule has 1 aliphatic rings. The van der Waals surface area contributed by atoms with Crippen molar-refractivity contribution in [2.24, 2.45) is 0 Å². The molecule has 0 bridgehead atoms. The number of nitrogens with one attached hydrogen (secondary N) is 2. The van der Waals surface area contributed by atoms with E-state index in [2.05, 4.69) is 31.5 Å². The van der Waals surface area contributed by atoms with Gasteiger partial charge in [0.25, 0.3) is 5.91 Å². The van der Waals surface area contributed by atoms with Gasteiger partial charge in [0.15, 0.2) is 0 Å². The Labute approximate surface area is 107 Å². The summed E-state index contributed by atoms with van der Waals surface area (Å²) in [5.74, 6) is 1.89. The van der Waals surface area contributed by atoms with Crippen molar-refractivity contribution in [3.63, 3.8) is 0 Å². The van der Waals surface area contributed by atoms with Gasteiger partial charge < -0.3 is 10.6 Å². The summed E-state index contributed by atoms with van der Waals surface area (Å²) in [6, 6.07) is 5.68. The van der Waals surface area contributed by atoms with Gasteiger partial charge in [0.1, 0.15) is 10.3 Å². The fourth-order valence-electron chi connectivity index (χ4n) is 1.41. The summed E-state index contributed by atoms with van der Waals surface area (Å²) in [7, 11) is 0. The van der Waals surface area contributed by atoms with Crippen molar-refractivity contribution in [1.82, 2.24) is 15.6 Å². The molecule has 2 rings (SSSR count). The van der Waals surface area contributed by atoms with Gasteiger partial charge in [0, 0.05) is 24.2 Å². The van der Waals surface area contributed by atoms with E-state index in [9.17, 15) is 4.79 Å². The second-order valence-corrected chi connectivity index (χ2v) is 5.31. The van der Waals surface area contributed by atoms with Crippen LogP contribution < -0.4 is 10.6 Å². The number of aromatic nitrogens is 1. The van der Waals surface area contributed by atoms with E-state index >= 15 is 0 Å². The van der Waals surface area contributed by atoms with Crippen molar-refractivity contribution in [1.29, 1.82) is 0 Å². The Kier molecular flexibility index (Phi) is 4.20. The topological polar surface area (TPSA) is 54.0 Å². The van der Waals surface area contributed by atoms with Crippen LogP contribution in [-0.2, 0) is 0 Å². The molecule has 0 radical (unpaired) electrons. The van der Waals surface area contributed by atoms with E-state index in [1.165, 1.54) is 0 Å². The molecule has 0 aliphatic carbocycles. The highest BCUT2D eigenvalue weighted by Gasteiger charge is 2.16. The molecular weight excluding hydrogens is 290 g/mol.